The molecule has 0 saturated heterocycles. The molecule has 0 atom stereocenters. The zero-order valence-corrected chi connectivity index (χ0v) is 28.9. The highest BCUT2D eigenvalue weighted by Crippen LogP contribution is 2.18. The van der Waals surface area contributed by atoms with Crippen LogP contribution < -0.4 is 10.9 Å². The number of fused-ring (bicyclic) bond motifs is 2. The fraction of sp³-hybridized carbons (Fsp3) is 0.140. The lowest BCUT2D eigenvalue weighted by Crippen LogP contribution is -2.20. The molecule has 3 heterocycles. The molecule has 4 aromatic carbocycles. The molecule has 2 N–H and O–H groups in total. The van der Waals surface area contributed by atoms with Gasteiger partial charge in [-0.1, -0.05) is 54.6 Å². The molecule has 0 fully saturated rings. The number of aryl methyl sites for hydroxylation is 4. The molecule has 0 unspecified atom stereocenters. The standard InChI is InChI=1S/C25H22N2O3.C18H15NO2/c1-16-10-11-18(12-17(16)2)24(29)22-14-27(13-19-6-5-7-20(15-28)26-19)23-9-4-3-8-21(23)25(22)30;1-11-7-8-13(9-12(11)2)17(20)15-10-19-16-6-4-3-5-14(16)18(15)21/h3-12,14,28H,13,15H2,1-2H3;3-10H,1-2H3,(H,19,21). The minimum absolute atomic E-state index is 0.135. The summed E-state index contributed by atoms with van der Waals surface area (Å²) in [6.45, 7) is 8.12. The van der Waals surface area contributed by atoms with Crippen LogP contribution in [-0.4, -0.2) is 31.2 Å². The van der Waals surface area contributed by atoms with Crippen LogP contribution in [0, 0.1) is 27.7 Å². The zero-order chi connectivity index (χ0) is 36.2. The predicted molar refractivity (Wildman–Crippen MR) is 201 cm³/mol. The Balaban J connectivity index is 0.000000187. The van der Waals surface area contributed by atoms with Crippen molar-refractivity contribution in [2.75, 3.05) is 0 Å². The second kappa shape index (κ2) is 14.7. The Morgan fingerprint density at radius 2 is 1.22 bits per heavy atom. The van der Waals surface area contributed by atoms with E-state index in [2.05, 4.69) is 9.97 Å². The summed E-state index contributed by atoms with van der Waals surface area (Å²) < 4.78 is 1.87. The van der Waals surface area contributed by atoms with Crippen LogP contribution >= 0.6 is 0 Å². The number of carbonyl (C=O) groups excluding carboxylic acids is 2. The summed E-state index contributed by atoms with van der Waals surface area (Å²) in [6, 6.07) is 30.9. The molecule has 0 spiro atoms. The van der Waals surface area contributed by atoms with Crippen molar-refractivity contribution in [3.8, 4) is 0 Å². The molecule has 51 heavy (non-hydrogen) atoms. The fourth-order valence-electron chi connectivity index (χ4n) is 5.93. The normalized spacial score (nSPS) is 10.9. The zero-order valence-electron chi connectivity index (χ0n) is 28.9. The Kier molecular flexibility index (Phi) is 9.98. The third kappa shape index (κ3) is 7.22. The van der Waals surface area contributed by atoms with Gasteiger partial charge in [0, 0.05) is 39.8 Å². The highest BCUT2D eigenvalue weighted by molar-refractivity contribution is 6.11. The van der Waals surface area contributed by atoms with Gasteiger partial charge in [0.05, 0.1) is 41.2 Å². The molecule has 0 saturated carbocycles. The number of aliphatic hydroxyl groups excluding tert-OH is 1. The molecule has 8 heteroatoms. The molecule has 0 amide bonds. The molecule has 0 aliphatic heterocycles. The van der Waals surface area contributed by atoms with Crippen LogP contribution in [0.4, 0.5) is 0 Å². The number of benzene rings is 4. The van der Waals surface area contributed by atoms with Gasteiger partial charge < -0.3 is 14.7 Å². The number of para-hydroxylation sites is 2. The number of H-pyrrole nitrogens is 1. The van der Waals surface area contributed by atoms with Gasteiger partial charge in [0.2, 0.25) is 10.9 Å². The van der Waals surface area contributed by atoms with E-state index in [0.717, 1.165) is 39.0 Å². The maximum absolute atomic E-state index is 13.2. The summed E-state index contributed by atoms with van der Waals surface area (Å²) in [4.78, 5) is 58.8. The van der Waals surface area contributed by atoms with Crippen molar-refractivity contribution in [2.24, 2.45) is 0 Å². The first-order chi connectivity index (χ1) is 24.5. The minimum atomic E-state index is -0.292. The molecule has 7 aromatic rings. The number of nitrogens with one attached hydrogen (secondary N) is 1. The van der Waals surface area contributed by atoms with E-state index in [4.69, 9.17) is 0 Å². The summed E-state index contributed by atoms with van der Waals surface area (Å²) in [6.07, 6.45) is 3.12. The van der Waals surface area contributed by atoms with Gasteiger partial charge in [-0.25, -0.2) is 0 Å². The number of nitrogens with zero attached hydrogens (tertiary/aromatic N) is 2. The van der Waals surface area contributed by atoms with E-state index in [9.17, 15) is 24.3 Å². The first-order valence-electron chi connectivity index (χ1n) is 16.6. The van der Waals surface area contributed by atoms with Gasteiger partial charge in [-0.15, -0.1) is 0 Å². The van der Waals surface area contributed by atoms with Crippen LogP contribution in [0.5, 0.6) is 0 Å². The van der Waals surface area contributed by atoms with Gasteiger partial charge in [-0.05, 0) is 98.5 Å². The van der Waals surface area contributed by atoms with E-state index in [1.807, 2.05) is 92.9 Å². The summed E-state index contributed by atoms with van der Waals surface area (Å²) in [5.41, 5.74) is 7.89. The lowest BCUT2D eigenvalue weighted by atomic mass is 9.99. The predicted octanol–water partition coefficient (Wildman–Crippen LogP) is 7.16. The van der Waals surface area contributed by atoms with Crippen LogP contribution in [0.15, 0.2) is 125 Å². The molecule has 8 nitrogen and oxygen atoms in total. The van der Waals surface area contributed by atoms with E-state index in [-0.39, 0.29) is 40.2 Å². The van der Waals surface area contributed by atoms with Crippen LogP contribution in [-0.2, 0) is 13.2 Å². The second-order valence-corrected chi connectivity index (χ2v) is 12.6. The molecule has 0 aliphatic rings. The fourth-order valence-corrected chi connectivity index (χ4v) is 5.93. The average molecular weight is 676 g/mol. The van der Waals surface area contributed by atoms with Crippen molar-refractivity contribution in [1.82, 2.24) is 14.5 Å². The lowest BCUT2D eigenvalue weighted by molar-refractivity contribution is 0.102. The Bertz CT molecular complexity index is 2580. The van der Waals surface area contributed by atoms with E-state index in [1.54, 1.807) is 48.7 Å². The lowest BCUT2D eigenvalue weighted by Gasteiger charge is -2.14. The summed E-state index contributed by atoms with van der Waals surface area (Å²) in [5, 5.41) is 10.4. The summed E-state index contributed by atoms with van der Waals surface area (Å²) >= 11 is 0. The van der Waals surface area contributed by atoms with E-state index < -0.39 is 0 Å². The molecular formula is C43H37N3O5. The maximum atomic E-state index is 13.2. The highest BCUT2D eigenvalue weighted by Gasteiger charge is 2.18. The number of aromatic nitrogens is 3. The average Bonchev–Trinajstić information content (AvgIpc) is 3.15. The van der Waals surface area contributed by atoms with Gasteiger partial charge in [0.25, 0.3) is 0 Å². The number of pyridine rings is 3. The van der Waals surface area contributed by atoms with Crippen LogP contribution in [0.2, 0.25) is 0 Å². The number of aliphatic hydroxyl groups is 1. The molecule has 254 valence electrons. The van der Waals surface area contributed by atoms with Gasteiger partial charge >= 0.3 is 0 Å². The van der Waals surface area contributed by atoms with Crippen molar-refractivity contribution in [3.05, 3.63) is 192 Å². The Morgan fingerprint density at radius 3 is 1.86 bits per heavy atom. The summed E-state index contributed by atoms with van der Waals surface area (Å²) in [5.74, 6) is -0.537. The molecule has 0 bridgehead atoms. The Hall–Kier alpha value is -6.25. The third-order valence-corrected chi connectivity index (χ3v) is 9.16. The summed E-state index contributed by atoms with van der Waals surface area (Å²) in [7, 11) is 0. The monoisotopic (exact) mass is 675 g/mol. The maximum Gasteiger partial charge on any atom is 0.200 e. The second-order valence-electron chi connectivity index (χ2n) is 12.6. The van der Waals surface area contributed by atoms with Crippen molar-refractivity contribution in [1.29, 1.82) is 0 Å². The molecule has 0 radical (unpaired) electrons. The number of rotatable bonds is 7. The number of carbonyl (C=O) groups is 2. The number of ketones is 2. The first kappa shape index (κ1) is 34.6. The quantitative estimate of drug-likeness (QED) is 0.173. The van der Waals surface area contributed by atoms with Gasteiger partial charge in [0.1, 0.15) is 0 Å². The number of aromatic amines is 1. The van der Waals surface area contributed by atoms with Crippen LogP contribution in [0.3, 0.4) is 0 Å². The van der Waals surface area contributed by atoms with Crippen molar-refractivity contribution < 1.29 is 14.7 Å². The molecule has 0 aliphatic carbocycles. The smallest absolute Gasteiger partial charge is 0.200 e. The van der Waals surface area contributed by atoms with E-state index in [0.29, 0.717) is 34.1 Å². The molecular weight excluding hydrogens is 638 g/mol. The molecule has 3 aromatic heterocycles. The number of hydrogen-bond acceptors (Lipinski definition) is 6. The van der Waals surface area contributed by atoms with Gasteiger partial charge in [0.15, 0.2) is 11.6 Å². The third-order valence-electron chi connectivity index (χ3n) is 9.16. The van der Waals surface area contributed by atoms with Crippen molar-refractivity contribution >= 4 is 33.4 Å². The minimum Gasteiger partial charge on any atom is -0.390 e. The van der Waals surface area contributed by atoms with Crippen molar-refractivity contribution in [3.63, 3.8) is 0 Å². The van der Waals surface area contributed by atoms with Gasteiger partial charge in [-0.3, -0.25) is 24.2 Å². The highest BCUT2D eigenvalue weighted by atomic mass is 16.3. The van der Waals surface area contributed by atoms with Crippen LogP contribution in [0.1, 0.15) is 65.5 Å². The van der Waals surface area contributed by atoms with Gasteiger partial charge in [-0.2, -0.15) is 0 Å². The Labute approximate surface area is 294 Å². The molecule has 7 rings (SSSR count). The largest absolute Gasteiger partial charge is 0.390 e. The topological polar surface area (TPSA) is 122 Å². The van der Waals surface area contributed by atoms with Crippen molar-refractivity contribution in [2.45, 2.75) is 40.8 Å². The SMILES string of the molecule is Cc1ccc(C(=O)c2c[nH]c3ccccc3c2=O)cc1C.Cc1ccc(C(=O)c2cn(Cc3cccc(CO)n3)c3ccccc3c2=O)cc1C. The first-order valence-corrected chi connectivity index (χ1v) is 16.6. The number of hydrogen-bond donors (Lipinski definition) is 2. The van der Waals surface area contributed by atoms with E-state index >= 15 is 0 Å². The Morgan fingerprint density at radius 1 is 0.647 bits per heavy atom. The van der Waals surface area contributed by atoms with E-state index in [1.165, 1.54) is 6.20 Å². The van der Waals surface area contributed by atoms with Crippen LogP contribution in [0.25, 0.3) is 21.8 Å².